The zero-order valence-corrected chi connectivity index (χ0v) is 20.7. The second-order valence-corrected chi connectivity index (χ2v) is 9.99. The maximum atomic E-state index is 13.2. The van der Waals surface area contributed by atoms with Gasteiger partial charge in [-0.25, -0.2) is 18.4 Å². The summed E-state index contributed by atoms with van der Waals surface area (Å²) in [5.74, 6) is 0.334. The van der Waals surface area contributed by atoms with E-state index >= 15 is 0 Å². The summed E-state index contributed by atoms with van der Waals surface area (Å²) in [5.41, 5.74) is 1.96. The zero-order chi connectivity index (χ0) is 24.8. The van der Waals surface area contributed by atoms with Crippen molar-refractivity contribution in [2.75, 3.05) is 47.2 Å². The zero-order valence-electron chi connectivity index (χ0n) is 19.9. The highest BCUT2D eigenvalue weighted by molar-refractivity contribution is 7.92. The van der Waals surface area contributed by atoms with Gasteiger partial charge in [-0.1, -0.05) is 18.2 Å². The molecule has 1 fully saturated rings. The number of rotatable bonds is 8. The van der Waals surface area contributed by atoms with E-state index in [4.69, 9.17) is 0 Å². The Kier molecular flexibility index (Phi) is 7.50. The first-order valence-electron chi connectivity index (χ1n) is 11.6. The second kappa shape index (κ2) is 10.7. The fourth-order valence-corrected chi connectivity index (χ4v) is 5.27. The van der Waals surface area contributed by atoms with Crippen molar-refractivity contribution in [3.63, 3.8) is 0 Å². The van der Waals surface area contributed by atoms with Gasteiger partial charge in [-0.2, -0.15) is 0 Å². The number of nitrogens with one attached hydrogen (secondary N) is 1. The van der Waals surface area contributed by atoms with Gasteiger partial charge in [0.2, 0.25) is 5.91 Å². The van der Waals surface area contributed by atoms with E-state index in [0.29, 0.717) is 26.2 Å². The van der Waals surface area contributed by atoms with E-state index in [1.807, 2.05) is 42.2 Å². The third-order valence-corrected chi connectivity index (χ3v) is 7.55. The summed E-state index contributed by atoms with van der Waals surface area (Å²) in [6.07, 6.45) is 2.76. The largest absolute Gasteiger partial charge is 0.368 e. The van der Waals surface area contributed by atoms with Gasteiger partial charge >= 0.3 is 0 Å². The van der Waals surface area contributed by atoms with E-state index in [9.17, 15) is 13.2 Å². The summed E-state index contributed by atoms with van der Waals surface area (Å²) in [5, 5.41) is 0. The molecule has 0 spiro atoms. The number of hydrogen-bond acceptors (Lipinski definition) is 7. The molecule has 1 N–H and O–H groups in total. The first-order valence-corrected chi connectivity index (χ1v) is 13.1. The Morgan fingerprint density at radius 2 is 1.74 bits per heavy atom. The lowest BCUT2D eigenvalue weighted by molar-refractivity contribution is -0.132. The summed E-state index contributed by atoms with van der Waals surface area (Å²) in [7, 11) is -3.74. The summed E-state index contributed by atoms with van der Waals surface area (Å²) < 4.78 is 27.7. The number of sulfonamides is 1. The van der Waals surface area contributed by atoms with Crippen LogP contribution in [-0.2, 0) is 14.8 Å². The van der Waals surface area contributed by atoms with Crippen molar-refractivity contribution in [3.05, 3.63) is 73.2 Å². The van der Waals surface area contributed by atoms with Crippen molar-refractivity contribution in [2.24, 2.45) is 0 Å². The molecule has 1 amide bonds. The Morgan fingerprint density at radius 3 is 2.34 bits per heavy atom. The van der Waals surface area contributed by atoms with Crippen LogP contribution in [-0.4, -0.2) is 68.0 Å². The van der Waals surface area contributed by atoms with Gasteiger partial charge in [-0.05, 0) is 56.3 Å². The van der Waals surface area contributed by atoms with Crippen LogP contribution in [0.1, 0.15) is 15.3 Å². The minimum atomic E-state index is -3.74. The summed E-state index contributed by atoms with van der Waals surface area (Å²) in [4.78, 5) is 27.2. The number of benzene rings is 2. The Balaban J connectivity index is 0.00000361. The van der Waals surface area contributed by atoms with Gasteiger partial charge in [-0.3, -0.25) is 9.52 Å². The lowest BCUT2D eigenvalue weighted by atomic mass is 10.1. The monoisotopic (exact) mass is 496 g/mol. The van der Waals surface area contributed by atoms with Crippen LogP contribution < -0.4 is 14.5 Å². The molecule has 35 heavy (non-hydrogen) atoms. The third-order valence-electron chi connectivity index (χ3n) is 6.18. The van der Waals surface area contributed by atoms with Crippen molar-refractivity contribution >= 4 is 33.1 Å². The van der Waals surface area contributed by atoms with E-state index in [0.717, 1.165) is 17.9 Å². The van der Waals surface area contributed by atoms with Gasteiger partial charge in [0.1, 0.15) is 18.2 Å². The van der Waals surface area contributed by atoms with Gasteiger partial charge in [-0.15, -0.1) is 0 Å². The molecule has 0 aliphatic carbocycles. The molecular weight excluding hydrogens is 464 g/mol. The van der Waals surface area contributed by atoms with Crippen LogP contribution in [0.3, 0.4) is 0 Å². The molecule has 3 aromatic rings. The highest BCUT2D eigenvalue weighted by Crippen LogP contribution is 2.22. The minimum absolute atomic E-state index is 0. The van der Waals surface area contributed by atoms with E-state index in [1.54, 1.807) is 24.3 Å². The highest BCUT2D eigenvalue weighted by atomic mass is 32.2. The number of hydrogen-bond donors (Lipinski definition) is 1. The second-order valence-electron chi connectivity index (χ2n) is 8.30. The molecule has 1 aliphatic rings. The Morgan fingerprint density at radius 1 is 1.06 bits per heavy atom. The van der Waals surface area contributed by atoms with Crippen LogP contribution in [0.2, 0.25) is 0 Å². The molecule has 1 atom stereocenters. The predicted molar refractivity (Wildman–Crippen MR) is 139 cm³/mol. The SMILES string of the molecule is CCN(c1ccccc1)C(C)C(=O)N1CCN(c2ccc(S(=O)(=O)Nc3ccncn3)cc2)CC1.[HH]. The first kappa shape index (κ1) is 24.5. The van der Waals surface area contributed by atoms with Gasteiger partial charge in [0.25, 0.3) is 10.0 Å². The maximum absolute atomic E-state index is 13.2. The standard InChI is InChI=1S/C25H30N6O3S.H2/c1-3-31(22-7-5-4-6-8-22)20(2)25(32)30-17-15-29(16-18-30)21-9-11-23(12-10-21)35(33,34)28-24-13-14-26-19-27-24;/h4-14,19-20H,3,15-18H2,1-2H3,(H,26,27,28);1H. The average Bonchev–Trinajstić information content (AvgIpc) is 2.90. The fraction of sp³-hybridized carbons (Fsp3) is 0.320. The molecule has 2 aromatic carbocycles. The van der Waals surface area contributed by atoms with Crippen molar-refractivity contribution in [1.29, 1.82) is 0 Å². The molecule has 1 aromatic heterocycles. The molecule has 0 saturated carbocycles. The topological polar surface area (TPSA) is 98.7 Å². The van der Waals surface area contributed by atoms with Crippen molar-refractivity contribution in [3.8, 4) is 0 Å². The minimum Gasteiger partial charge on any atom is -0.368 e. The molecule has 0 radical (unpaired) electrons. The van der Waals surface area contributed by atoms with E-state index in [-0.39, 0.29) is 24.1 Å². The molecule has 9 nitrogen and oxygen atoms in total. The molecule has 0 bridgehead atoms. The smallest absolute Gasteiger partial charge is 0.263 e. The third kappa shape index (κ3) is 5.71. The molecule has 10 heteroatoms. The summed E-state index contributed by atoms with van der Waals surface area (Å²) in [6, 6.07) is 18.0. The van der Waals surface area contributed by atoms with Gasteiger partial charge in [0.15, 0.2) is 0 Å². The Bertz CT molecular complexity index is 1220. The first-order chi connectivity index (χ1) is 16.9. The van der Waals surface area contributed by atoms with Gasteiger partial charge in [0, 0.05) is 51.7 Å². The summed E-state index contributed by atoms with van der Waals surface area (Å²) >= 11 is 0. The fourth-order valence-electron chi connectivity index (χ4n) is 4.27. The number of piperazine rings is 1. The normalized spacial score (nSPS) is 14.9. The van der Waals surface area contributed by atoms with Crippen molar-refractivity contribution in [1.82, 2.24) is 14.9 Å². The predicted octanol–water partition coefficient (Wildman–Crippen LogP) is 3.09. The molecule has 2 heterocycles. The van der Waals surface area contributed by atoms with Crippen LogP contribution in [0, 0.1) is 0 Å². The molecule has 1 aliphatic heterocycles. The number of aromatic nitrogens is 2. The number of carbonyl (C=O) groups is 1. The maximum Gasteiger partial charge on any atom is 0.263 e. The van der Waals surface area contributed by atoms with Gasteiger partial charge in [0.05, 0.1) is 4.90 Å². The van der Waals surface area contributed by atoms with Crippen molar-refractivity contribution < 1.29 is 14.6 Å². The van der Waals surface area contributed by atoms with Crippen LogP contribution in [0.25, 0.3) is 0 Å². The number of para-hydroxylation sites is 1. The number of amides is 1. The van der Waals surface area contributed by atoms with E-state index in [1.165, 1.54) is 18.6 Å². The van der Waals surface area contributed by atoms with Crippen LogP contribution in [0.15, 0.2) is 78.1 Å². The molecule has 1 unspecified atom stereocenters. The average molecular weight is 497 g/mol. The number of likely N-dealkylation sites (N-methyl/N-ethyl adjacent to an activating group) is 1. The number of nitrogens with zero attached hydrogens (tertiary/aromatic N) is 5. The molecule has 1 saturated heterocycles. The number of anilines is 3. The quantitative estimate of drug-likeness (QED) is 0.512. The lowest BCUT2D eigenvalue weighted by Gasteiger charge is -2.39. The van der Waals surface area contributed by atoms with E-state index < -0.39 is 10.0 Å². The van der Waals surface area contributed by atoms with E-state index in [2.05, 4.69) is 31.4 Å². The lowest BCUT2D eigenvalue weighted by Crippen LogP contribution is -2.54. The van der Waals surface area contributed by atoms with Crippen LogP contribution in [0.5, 0.6) is 0 Å². The Hall–Kier alpha value is -3.66. The molecule has 186 valence electrons. The number of carbonyl (C=O) groups excluding carboxylic acids is 1. The molecule has 4 rings (SSSR count). The van der Waals surface area contributed by atoms with Crippen LogP contribution >= 0.6 is 0 Å². The van der Waals surface area contributed by atoms with Crippen molar-refractivity contribution in [2.45, 2.75) is 24.8 Å². The van der Waals surface area contributed by atoms with Gasteiger partial charge < -0.3 is 14.7 Å². The Labute approximate surface area is 207 Å². The van der Waals surface area contributed by atoms with Crippen LogP contribution in [0.4, 0.5) is 17.2 Å². The molecular formula is C25H32N6O3S. The summed E-state index contributed by atoms with van der Waals surface area (Å²) in [6.45, 7) is 7.36. The highest BCUT2D eigenvalue weighted by Gasteiger charge is 2.28.